The molecule has 0 atom stereocenters. The second kappa shape index (κ2) is 10.5. The van der Waals surface area contributed by atoms with Crippen molar-refractivity contribution in [1.29, 1.82) is 0 Å². The molecule has 1 nitrogen and oxygen atoms in total. The van der Waals surface area contributed by atoms with Crippen LogP contribution in [0.5, 0.6) is 0 Å². The summed E-state index contributed by atoms with van der Waals surface area (Å²) in [6.07, 6.45) is 0.919. The summed E-state index contributed by atoms with van der Waals surface area (Å²) in [5, 5.41) is 10.4. The van der Waals surface area contributed by atoms with Gasteiger partial charge in [0.25, 0.3) is 0 Å². The van der Waals surface area contributed by atoms with Gasteiger partial charge < -0.3 is 4.57 Å². The Kier molecular flexibility index (Phi) is 5.79. The lowest BCUT2D eigenvalue weighted by molar-refractivity contribution is 1.18. The van der Waals surface area contributed by atoms with Crippen molar-refractivity contribution < 1.29 is 0 Å². The van der Waals surface area contributed by atoms with Gasteiger partial charge in [-0.25, -0.2) is 0 Å². The van der Waals surface area contributed by atoms with E-state index in [1.807, 2.05) is 0 Å². The van der Waals surface area contributed by atoms with Crippen LogP contribution in [-0.2, 0) is 6.42 Å². The predicted molar refractivity (Wildman–Crippen MR) is 212 cm³/mol. The van der Waals surface area contributed by atoms with E-state index in [9.17, 15) is 0 Å². The van der Waals surface area contributed by atoms with E-state index in [0.29, 0.717) is 0 Å². The summed E-state index contributed by atoms with van der Waals surface area (Å²) >= 11 is 0. The molecule has 1 aliphatic rings. The molecule has 0 unspecified atom stereocenters. The third kappa shape index (κ3) is 3.89. The fourth-order valence-corrected chi connectivity index (χ4v) is 8.84. The zero-order valence-corrected chi connectivity index (χ0v) is 27.4. The first-order chi connectivity index (χ1) is 24.8. The lowest BCUT2D eigenvalue weighted by Gasteiger charge is -2.14. The van der Waals surface area contributed by atoms with Crippen molar-refractivity contribution in [2.24, 2.45) is 0 Å². The minimum atomic E-state index is 0.919. The summed E-state index contributed by atoms with van der Waals surface area (Å²) in [4.78, 5) is 0. The highest BCUT2D eigenvalue weighted by Gasteiger charge is 2.25. The molecule has 0 spiro atoms. The summed E-state index contributed by atoms with van der Waals surface area (Å²) < 4.78 is 2.39. The maximum Gasteiger partial charge on any atom is 0.0541 e. The average Bonchev–Trinajstić information content (AvgIpc) is 3.74. The van der Waals surface area contributed by atoms with Gasteiger partial charge in [0.15, 0.2) is 0 Å². The summed E-state index contributed by atoms with van der Waals surface area (Å²) in [6, 6.07) is 65.1. The van der Waals surface area contributed by atoms with Crippen molar-refractivity contribution in [3.05, 3.63) is 187 Å². The Labute approximate surface area is 290 Å². The van der Waals surface area contributed by atoms with Crippen molar-refractivity contribution in [3.8, 4) is 39.1 Å². The van der Waals surface area contributed by atoms with Gasteiger partial charge >= 0.3 is 0 Å². The lowest BCUT2D eigenvalue weighted by Crippen LogP contribution is -1.94. The fourth-order valence-electron chi connectivity index (χ4n) is 8.84. The van der Waals surface area contributed by atoms with Crippen molar-refractivity contribution >= 4 is 54.1 Å². The molecule has 11 rings (SSSR count). The fraction of sp³-hybridized carbons (Fsp3) is 0.0204. The zero-order valence-electron chi connectivity index (χ0n) is 27.4. The number of benzene rings is 9. The van der Waals surface area contributed by atoms with Crippen LogP contribution in [0.1, 0.15) is 11.1 Å². The highest BCUT2D eigenvalue weighted by atomic mass is 15.0. The van der Waals surface area contributed by atoms with Crippen LogP contribution in [0.3, 0.4) is 0 Å². The summed E-state index contributed by atoms with van der Waals surface area (Å²) in [5.41, 5.74) is 14.4. The quantitative estimate of drug-likeness (QED) is 0.171. The Morgan fingerprint density at radius 2 is 0.720 bits per heavy atom. The number of rotatable bonds is 3. The number of hydrogen-bond acceptors (Lipinski definition) is 0. The highest BCUT2D eigenvalue weighted by molar-refractivity contribution is 6.25. The molecule has 0 N–H and O–H groups in total. The second-order valence-electron chi connectivity index (χ2n) is 13.6. The number of nitrogens with zero attached hydrogens (tertiary/aromatic N) is 1. The predicted octanol–water partition coefficient (Wildman–Crippen LogP) is 13.1. The van der Waals surface area contributed by atoms with Gasteiger partial charge in [-0.15, -0.1) is 0 Å². The molecule has 0 saturated heterocycles. The van der Waals surface area contributed by atoms with Crippen LogP contribution in [-0.4, -0.2) is 4.57 Å². The third-order valence-electron chi connectivity index (χ3n) is 11.1. The van der Waals surface area contributed by atoms with E-state index in [1.54, 1.807) is 0 Å². The first-order valence-electron chi connectivity index (χ1n) is 17.5. The summed E-state index contributed by atoms with van der Waals surface area (Å²) in [5.74, 6) is 0. The Balaban J connectivity index is 1.01. The molecule has 232 valence electrons. The highest BCUT2D eigenvalue weighted by Crippen LogP contribution is 2.46. The van der Waals surface area contributed by atoms with Crippen molar-refractivity contribution in [3.63, 3.8) is 0 Å². The smallest absolute Gasteiger partial charge is 0.0541 e. The Bertz CT molecular complexity index is 2910. The molecule has 0 radical (unpaired) electrons. The molecule has 0 fully saturated rings. The van der Waals surface area contributed by atoms with Gasteiger partial charge in [0, 0.05) is 16.5 Å². The Morgan fingerprint density at radius 1 is 0.300 bits per heavy atom. The van der Waals surface area contributed by atoms with Crippen LogP contribution < -0.4 is 0 Å². The van der Waals surface area contributed by atoms with E-state index in [4.69, 9.17) is 0 Å². The standard InChI is InChI=1S/C49H31N/c1-2-13-38-36(11-1)37-12-3-4-14-39(37)45-29-32(25-28-42(38)45)35-18-10-20-41-40-19-9-17-34(46(40)30-47(35)41)31-23-26-33(27-24-31)50-48-21-7-5-15-43(48)44-16-6-8-22-49(44)50/h1-29H,30H2. The minimum Gasteiger partial charge on any atom is -0.309 e. The maximum absolute atomic E-state index is 2.43. The van der Waals surface area contributed by atoms with Gasteiger partial charge in [-0.3, -0.25) is 0 Å². The normalized spacial score (nSPS) is 12.3. The molecule has 1 aromatic heterocycles. The monoisotopic (exact) mass is 633 g/mol. The molecule has 10 aromatic rings. The van der Waals surface area contributed by atoms with Crippen LogP contribution in [0.2, 0.25) is 0 Å². The van der Waals surface area contributed by atoms with Gasteiger partial charge in [0.2, 0.25) is 0 Å². The lowest BCUT2D eigenvalue weighted by atomic mass is 9.90. The van der Waals surface area contributed by atoms with E-state index < -0.39 is 0 Å². The largest absolute Gasteiger partial charge is 0.309 e. The average molecular weight is 634 g/mol. The topological polar surface area (TPSA) is 4.93 Å². The van der Waals surface area contributed by atoms with Crippen LogP contribution in [0, 0.1) is 0 Å². The third-order valence-corrected chi connectivity index (χ3v) is 11.1. The number of para-hydroxylation sites is 2. The zero-order chi connectivity index (χ0) is 32.8. The molecule has 9 aromatic carbocycles. The van der Waals surface area contributed by atoms with Crippen LogP contribution in [0.4, 0.5) is 0 Å². The van der Waals surface area contributed by atoms with Gasteiger partial charge in [-0.2, -0.15) is 0 Å². The number of fused-ring (bicyclic) bond motifs is 12. The molecule has 0 aliphatic heterocycles. The van der Waals surface area contributed by atoms with E-state index in [2.05, 4.69) is 180 Å². The molecule has 0 bridgehead atoms. The molecule has 1 heterocycles. The van der Waals surface area contributed by atoms with Gasteiger partial charge in [0.05, 0.1) is 11.0 Å². The Hall–Kier alpha value is -6.44. The summed E-state index contributed by atoms with van der Waals surface area (Å²) in [7, 11) is 0. The molecule has 1 heteroatoms. The van der Waals surface area contributed by atoms with E-state index in [0.717, 1.165) is 6.42 Å². The molecular weight excluding hydrogens is 603 g/mol. The van der Waals surface area contributed by atoms with E-state index >= 15 is 0 Å². The van der Waals surface area contributed by atoms with Gasteiger partial charge in [-0.05, 0) is 114 Å². The van der Waals surface area contributed by atoms with Gasteiger partial charge in [-0.1, -0.05) is 146 Å². The molecule has 50 heavy (non-hydrogen) atoms. The molecule has 0 saturated carbocycles. The molecule has 0 amide bonds. The van der Waals surface area contributed by atoms with Crippen molar-refractivity contribution in [1.82, 2.24) is 4.57 Å². The van der Waals surface area contributed by atoms with Crippen molar-refractivity contribution in [2.45, 2.75) is 6.42 Å². The van der Waals surface area contributed by atoms with Crippen molar-refractivity contribution in [2.75, 3.05) is 0 Å². The SMILES string of the molecule is c1cc(-c2ccc(-n3c4ccccc4c4ccccc43)cc2)c2c(c1)-c1cccc(-c3ccc4c5ccccc5c5ccccc5c4c3)c1C2. The van der Waals surface area contributed by atoms with Gasteiger partial charge in [0.1, 0.15) is 0 Å². The van der Waals surface area contributed by atoms with E-state index in [-0.39, 0.29) is 0 Å². The summed E-state index contributed by atoms with van der Waals surface area (Å²) in [6.45, 7) is 0. The second-order valence-corrected chi connectivity index (χ2v) is 13.6. The maximum atomic E-state index is 2.43. The van der Waals surface area contributed by atoms with Crippen LogP contribution in [0.15, 0.2) is 176 Å². The number of hydrogen-bond donors (Lipinski definition) is 0. The Morgan fingerprint density at radius 3 is 1.28 bits per heavy atom. The first kappa shape index (κ1) is 27.5. The number of aromatic nitrogens is 1. The van der Waals surface area contributed by atoms with Crippen LogP contribution in [0.25, 0.3) is 93.2 Å². The first-order valence-corrected chi connectivity index (χ1v) is 17.5. The minimum absolute atomic E-state index is 0.919. The molecule has 1 aliphatic carbocycles. The van der Waals surface area contributed by atoms with Crippen LogP contribution >= 0.6 is 0 Å². The molecular formula is C49H31N. The van der Waals surface area contributed by atoms with E-state index in [1.165, 1.54) is 104 Å².